The van der Waals surface area contributed by atoms with Crippen molar-refractivity contribution >= 4 is 17.7 Å². The van der Waals surface area contributed by atoms with Crippen molar-refractivity contribution in [3.63, 3.8) is 0 Å². The van der Waals surface area contributed by atoms with E-state index < -0.39 is 0 Å². The van der Waals surface area contributed by atoms with E-state index in [4.69, 9.17) is 9.47 Å². The number of rotatable bonds is 9. The highest BCUT2D eigenvalue weighted by Crippen LogP contribution is 2.24. The molecule has 0 bridgehead atoms. The zero-order valence-corrected chi connectivity index (χ0v) is 15.6. The van der Waals surface area contributed by atoms with Gasteiger partial charge in [0.1, 0.15) is 11.5 Å². The molecule has 0 spiro atoms. The molecule has 0 aliphatic heterocycles. The van der Waals surface area contributed by atoms with Crippen LogP contribution in [-0.2, 0) is 4.79 Å². The minimum Gasteiger partial charge on any atom is -0.497 e. The number of carbonyl (C=O) groups is 1. The summed E-state index contributed by atoms with van der Waals surface area (Å²) in [6.45, 7) is 1.49. The van der Waals surface area contributed by atoms with Gasteiger partial charge in [0.25, 0.3) is 0 Å². The van der Waals surface area contributed by atoms with Gasteiger partial charge in [0.05, 0.1) is 14.2 Å². The Kier molecular flexibility index (Phi) is 7.55. The van der Waals surface area contributed by atoms with E-state index in [0.717, 1.165) is 24.3 Å². The number of amides is 1. The topological polar surface area (TPSA) is 50.8 Å². The summed E-state index contributed by atoms with van der Waals surface area (Å²) in [4.78, 5) is 14.2. The third kappa shape index (κ3) is 5.84. The van der Waals surface area contributed by atoms with Crippen LogP contribution >= 0.6 is 0 Å². The summed E-state index contributed by atoms with van der Waals surface area (Å²) in [5.41, 5.74) is 1.97. The summed E-state index contributed by atoms with van der Waals surface area (Å²) in [5.74, 6) is 1.28. The molecule has 138 valence electrons. The summed E-state index contributed by atoms with van der Waals surface area (Å²) in [5, 5.41) is 2.90. The van der Waals surface area contributed by atoms with Gasteiger partial charge in [-0.25, -0.2) is 0 Å². The largest absolute Gasteiger partial charge is 0.497 e. The summed E-state index contributed by atoms with van der Waals surface area (Å²) in [6.07, 6.45) is 4.11. The summed E-state index contributed by atoms with van der Waals surface area (Å²) < 4.78 is 10.5. The number of hydrogen-bond acceptors (Lipinski definition) is 4. The van der Waals surface area contributed by atoms with Gasteiger partial charge < -0.3 is 19.7 Å². The molecule has 0 atom stereocenters. The molecule has 2 aromatic rings. The first kappa shape index (κ1) is 19.4. The monoisotopic (exact) mass is 354 g/mol. The van der Waals surface area contributed by atoms with E-state index >= 15 is 0 Å². The zero-order valence-electron chi connectivity index (χ0n) is 15.6. The molecule has 0 radical (unpaired) electrons. The third-order valence-corrected chi connectivity index (χ3v) is 4.02. The van der Waals surface area contributed by atoms with Crippen molar-refractivity contribution < 1.29 is 14.3 Å². The molecule has 0 unspecified atom stereocenters. The Bertz CT molecular complexity index is 729. The molecule has 0 aliphatic rings. The first-order chi connectivity index (χ1) is 12.6. The van der Waals surface area contributed by atoms with E-state index in [1.807, 2.05) is 43.4 Å². The van der Waals surface area contributed by atoms with Gasteiger partial charge in [0.2, 0.25) is 5.91 Å². The van der Waals surface area contributed by atoms with Crippen LogP contribution in [0.5, 0.6) is 11.5 Å². The van der Waals surface area contributed by atoms with Crippen LogP contribution in [0.25, 0.3) is 6.08 Å². The highest BCUT2D eigenvalue weighted by molar-refractivity contribution is 5.92. The van der Waals surface area contributed by atoms with Gasteiger partial charge >= 0.3 is 0 Å². The SMILES string of the molecule is COc1ccc(OC)c(/C=C/C(=O)NCCCN(C)c2ccccc2)c1. The van der Waals surface area contributed by atoms with Crippen molar-refractivity contribution in [1.82, 2.24) is 5.32 Å². The van der Waals surface area contributed by atoms with Gasteiger partial charge in [-0.1, -0.05) is 18.2 Å². The van der Waals surface area contributed by atoms with Crippen molar-refractivity contribution in [1.29, 1.82) is 0 Å². The van der Waals surface area contributed by atoms with Gasteiger partial charge in [0.15, 0.2) is 0 Å². The molecule has 5 nitrogen and oxygen atoms in total. The Balaban J connectivity index is 1.79. The summed E-state index contributed by atoms with van der Waals surface area (Å²) >= 11 is 0. The van der Waals surface area contributed by atoms with Gasteiger partial charge in [-0.3, -0.25) is 4.79 Å². The maximum absolute atomic E-state index is 12.0. The molecule has 0 heterocycles. The lowest BCUT2D eigenvalue weighted by Gasteiger charge is -2.19. The van der Waals surface area contributed by atoms with Gasteiger partial charge in [-0.15, -0.1) is 0 Å². The molecule has 0 saturated heterocycles. The van der Waals surface area contributed by atoms with Crippen molar-refractivity contribution in [3.8, 4) is 11.5 Å². The maximum Gasteiger partial charge on any atom is 0.244 e. The molecule has 1 N–H and O–H groups in total. The molecular weight excluding hydrogens is 328 g/mol. The van der Waals surface area contributed by atoms with Crippen LogP contribution in [0.4, 0.5) is 5.69 Å². The summed E-state index contributed by atoms with van der Waals surface area (Å²) in [7, 11) is 5.25. The quantitative estimate of drug-likeness (QED) is 0.554. The minimum atomic E-state index is -0.128. The van der Waals surface area contributed by atoms with Gasteiger partial charge in [-0.05, 0) is 42.8 Å². The Morgan fingerprint density at radius 2 is 1.88 bits per heavy atom. The van der Waals surface area contributed by atoms with Gasteiger partial charge in [0, 0.05) is 37.5 Å². The number of hydrogen-bond donors (Lipinski definition) is 1. The highest BCUT2D eigenvalue weighted by Gasteiger charge is 2.03. The van der Waals surface area contributed by atoms with Crippen LogP contribution < -0.4 is 19.7 Å². The molecule has 0 aliphatic carbocycles. The Morgan fingerprint density at radius 1 is 1.12 bits per heavy atom. The number of benzene rings is 2. The number of methoxy groups -OCH3 is 2. The van der Waals surface area contributed by atoms with E-state index in [0.29, 0.717) is 12.3 Å². The van der Waals surface area contributed by atoms with Crippen LogP contribution in [0.15, 0.2) is 54.6 Å². The fourth-order valence-corrected chi connectivity index (χ4v) is 2.53. The second kappa shape index (κ2) is 10.1. The van der Waals surface area contributed by atoms with E-state index in [2.05, 4.69) is 22.3 Å². The van der Waals surface area contributed by atoms with E-state index in [-0.39, 0.29) is 5.91 Å². The fraction of sp³-hybridized carbons (Fsp3) is 0.286. The molecule has 0 aromatic heterocycles. The number of nitrogens with zero attached hydrogens (tertiary/aromatic N) is 1. The average molecular weight is 354 g/mol. The standard InChI is InChI=1S/C21H26N2O3/c1-23(18-8-5-4-6-9-18)15-7-14-22-21(24)13-10-17-16-19(25-2)11-12-20(17)26-3/h4-6,8-13,16H,7,14-15H2,1-3H3,(H,22,24)/b13-10+. The van der Waals surface area contributed by atoms with Crippen LogP contribution in [0.3, 0.4) is 0 Å². The maximum atomic E-state index is 12.0. The second-order valence-corrected chi connectivity index (χ2v) is 5.84. The van der Waals surface area contributed by atoms with E-state index in [1.54, 1.807) is 20.3 Å². The van der Waals surface area contributed by atoms with Gasteiger partial charge in [-0.2, -0.15) is 0 Å². The van der Waals surface area contributed by atoms with E-state index in [1.165, 1.54) is 11.8 Å². The normalized spacial score (nSPS) is 10.6. The number of para-hydroxylation sites is 1. The van der Waals surface area contributed by atoms with Crippen molar-refractivity contribution in [2.45, 2.75) is 6.42 Å². The Morgan fingerprint density at radius 3 is 2.58 bits per heavy atom. The highest BCUT2D eigenvalue weighted by atomic mass is 16.5. The third-order valence-electron chi connectivity index (χ3n) is 4.02. The zero-order chi connectivity index (χ0) is 18.8. The van der Waals surface area contributed by atoms with Crippen LogP contribution in [0.2, 0.25) is 0 Å². The lowest BCUT2D eigenvalue weighted by Crippen LogP contribution is -2.26. The number of nitrogens with one attached hydrogen (secondary N) is 1. The van der Waals surface area contributed by atoms with Crippen LogP contribution in [0.1, 0.15) is 12.0 Å². The first-order valence-corrected chi connectivity index (χ1v) is 8.58. The van der Waals surface area contributed by atoms with Crippen molar-refractivity contribution in [2.24, 2.45) is 0 Å². The molecule has 1 amide bonds. The number of anilines is 1. The Hall–Kier alpha value is -2.95. The smallest absolute Gasteiger partial charge is 0.244 e. The lowest BCUT2D eigenvalue weighted by atomic mass is 10.1. The average Bonchev–Trinajstić information content (AvgIpc) is 2.69. The predicted octanol–water partition coefficient (Wildman–Crippen LogP) is 3.36. The molecule has 2 aromatic carbocycles. The molecule has 26 heavy (non-hydrogen) atoms. The number of carbonyl (C=O) groups excluding carboxylic acids is 1. The molecular formula is C21H26N2O3. The number of ether oxygens (including phenoxy) is 2. The van der Waals surface area contributed by atoms with Crippen molar-refractivity contribution in [2.75, 3.05) is 39.3 Å². The molecule has 5 heteroatoms. The second-order valence-electron chi connectivity index (χ2n) is 5.84. The van der Waals surface area contributed by atoms with Crippen LogP contribution in [-0.4, -0.2) is 40.3 Å². The predicted molar refractivity (Wildman–Crippen MR) is 106 cm³/mol. The van der Waals surface area contributed by atoms with E-state index in [9.17, 15) is 4.79 Å². The van der Waals surface area contributed by atoms with Crippen LogP contribution in [0, 0.1) is 0 Å². The first-order valence-electron chi connectivity index (χ1n) is 8.58. The Labute approximate surface area is 155 Å². The molecule has 2 rings (SSSR count). The summed E-state index contributed by atoms with van der Waals surface area (Å²) in [6, 6.07) is 15.6. The molecule has 0 saturated carbocycles. The fourth-order valence-electron chi connectivity index (χ4n) is 2.53. The minimum absolute atomic E-state index is 0.128. The van der Waals surface area contributed by atoms with Crippen molar-refractivity contribution in [3.05, 3.63) is 60.2 Å². The lowest BCUT2D eigenvalue weighted by molar-refractivity contribution is -0.116. The molecule has 0 fully saturated rings.